The maximum Gasteiger partial charge on any atom is 0.243 e. The summed E-state index contributed by atoms with van der Waals surface area (Å²) in [7, 11) is -1.53. The van der Waals surface area contributed by atoms with Gasteiger partial charge in [-0.25, -0.2) is 13.4 Å². The van der Waals surface area contributed by atoms with Gasteiger partial charge in [0, 0.05) is 41.1 Å². The van der Waals surface area contributed by atoms with Crippen molar-refractivity contribution < 1.29 is 13.2 Å². The van der Waals surface area contributed by atoms with Crippen LogP contribution in [0.25, 0.3) is 11.3 Å². The van der Waals surface area contributed by atoms with E-state index < -0.39 is 10.0 Å². The minimum atomic E-state index is -3.41. The van der Waals surface area contributed by atoms with Gasteiger partial charge in [-0.3, -0.25) is 4.79 Å². The Balaban J connectivity index is 0.000000215. The van der Waals surface area contributed by atoms with Crippen molar-refractivity contribution >= 4 is 48.7 Å². The number of anilines is 1. The van der Waals surface area contributed by atoms with Gasteiger partial charge in [0.2, 0.25) is 10.0 Å². The highest BCUT2D eigenvalue weighted by atomic mass is 79.9. The summed E-state index contributed by atoms with van der Waals surface area (Å²) in [4.78, 5) is 15.1. The smallest absolute Gasteiger partial charge is 0.243 e. The monoisotopic (exact) mass is 509 g/mol. The van der Waals surface area contributed by atoms with E-state index in [2.05, 4.69) is 43.7 Å². The number of thiazole rings is 1. The van der Waals surface area contributed by atoms with Crippen molar-refractivity contribution in [1.29, 1.82) is 0 Å². The summed E-state index contributed by atoms with van der Waals surface area (Å²) in [6, 6.07) is 14.1. The number of rotatable bonds is 7. The Morgan fingerprint density at radius 1 is 1.07 bits per heavy atom. The third kappa shape index (κ3) is 6.21. The zero-order chi connectivity index (χ0) is 22.1. The number of sulfonamides is 1. The molecular formula is C21H24BrN3O3S2. The topological polar surface area (TPSA) is 79.4 Å². The molecule has 0 amide bonds. The van der Waals surface area contributed by atoms with E-state index >= 15 is 0 Å². The molecule has 0 atom stereocenters. The van der Waals surface area contributed by atoms with E-state index in [0.717, 1.165) is 20.9 Å². The van der Waals surface area contributed by atoms with Crippen LogP contribution < -0.4 is 5.32 Å². The van der Waals surface area contributed by atoms with Gasteiger partial charge in [0.1, 0.15) is 6.29 Å². The lowest BCUT2D eigenvalue weighted by atomic mass is 10.2. The molecule has 160 valence electrons. The lowest BCUT2D eigenvalue weighted by Gasteiger charge is -2.18. The molecule has 2 aromatic carbocycles. The van der Waals surface area contributed by atoms with Crippen molar-refractivity contribution in [3.63, 3.8) is 0 Å². The van der Waals surface area contributed by atoms with Crippen LogP contribution in [0.15, 0.2) is 63.3 Å². The number of carbonyl (C=O) groups is 1. The molecule has 3 aromatic rings. The molecule has 0 aliphatic heterocycles. The summed E-state index contributed by atoms with van der Waals surface area (Å²) in [6.07, 6.45) is 0.688. The Morgan fingerprint density at radius 2 is 1.67 bits per heavy atom. The van der Waals surface area contributed by atoms with E-state index in [-0.39, 0.29) is 4.90 Å². The number of nitrogens with one attached hydrogen (secondary N) is 1. The maximum atomic E-state index is 12.0. The minimum Gasteiger partial charge on any atom is -0.365 e. The Hall–Kier alpha value is -2.07. The van der Waals surface area contributed by atoms with Gasteiger partial charge in [-0.05, 0) is 24.3 Å². The van der Waals surface area contributed by atoms with Crippen molar-refractivity contribution in [2.45, 2.75) is 18.7 Å². The number of halogens is 1. The lowest BCUT2D eigenvalue weighted by Crippen LogP contribution is -2.30. The van der Waals surface area contributed by atoms with E-state index in [1.54, 1.807) is 25.2 Å². The van der Waals surface area contributed by atoms with E-state index in [1.807, 2.05) is 19.2 Å². The third-order valence-corrected chi connectivity index (χ3v) is 7.67. The molecule has 1 N–H and O–H groups in total. The molecule has 0 aliphatic rings. The molecule has 0 bridgehead atoms. The van der Waals surface area contributed by atoms with Gasteiger partial charge in [-0.2, -0.15) is 4.31 Å². The van der Waals surface area contributed by atoms with Crippen molar-refractivity contribution in [1.82, 2.24) is 9.29 Å². The summed E-state index contributed by atoms with van der Waals surface area (Å²) >= 11 is 5.02. The Kier molecular flexibility index (Phi) is 9.16. The predicted molar refractivity (Wildman–Crippen MR) is 127 cm³/mol. The normalized spacial score (nSPS) is 11.0. The second-order valence-corrected chi connectivity index (χ2v) is 9.78. The largest absolute Gasteiger partial charge is 0.365 e. The molecule has 0 saturated heterocycles. The Bertz CT molecular complexity index is 1050. The number of benzene rings is 2. The number of aromatic nitrogens is 1. The van der Waals surface area contributed by atoms with Crippen molar-refractivity contribution in [3.8, 4) is 11.3 Å². The number of nitrogens with zero attached hydrogens (tertiary/aromatic N) is 2. The first-order chi connectivity index (χ1) is 14.3. The molecule has 0 saturated carbocycles. The molecule has 3 rings (SSSR count). The molecular weight excluding hydrogens is 486 g/mol. The molecule has 0 spiro atoms. The van der Waals surface area contributed by atoms with Crippen LogP contribution in [0.3, 0.4) is 0 Å². The molecule has 1 heterocycles. The highest BCUT2D eigenvalue weighted by Gasteiger charge is 2.20. The first-order valence-corrected chi connectivity index (χ1v) is 12.4. The van der Waals surface area contributed by atoms with E-state index in [1.165, 1.54) is 28.6 Å². The lowest BCUT2D eigenvalue weighted by molar-refractivity contribution is 0.112. The molecule has 0 radical (unpaired) electrons. The predicted octanol–water partition coefficient (Wildman–Crippen LogP) is 5.14. The van der Waals surface area contributed by atoms with Crippen LogP contribution >= 0.6 is 27.3 Å². The molecule has 30 heavy (non-hydrogen) atoms. The van der Waals surface area contributed by atoms with E-state index in [0.29, 0.717) is 24.9 Å². The number of carbonyl (C=O) groups excluding carboxylic acids is 1. The molecule has 6 nitrogen and oxygen atoms in total. The van der Waals surface area contributed by atoms with Crippen LogP contribution in [0.4, 0.5) is 5.13 Å². The SMILES string of the molecule is CCN(CC)S(=O)(=O)c1ccc(C=O)cc1.CNc1nc(-c2ccc(Br)cc2)cs1. The van der Waals surface area contributed by atoms with Crippen molar-refractivity contribution in [2.24, 2.45) is 0 Å². The fraction of sp³-hybridized carbons (Fsp3) is 0.238. The second kappa shape index (κ2) is 11.4. The van der Waals surface area contributed by atoms with Crippen LogP contribution in [0.1, 0.15) is 24.2 Å². The van der Waals surface area contributed by atoms with E-state index in [4.69, 9.17) is 0 Å². The number of hydrogen-bond donors (Lipinski definition) is 1. The van der Waals surface area contributed by atoms with Gasteiger partial charge in [0.05, 0.1) is 10.6 Å². The minimum absolute atomic E-state index is 0.224. The zero-order valence-electron chi connectivity index (χ0n) is 17.0. The fourth-order valence-corrected chi connectivity index (χ4v) is 4.98. The summed E-state index contributed by atoms with van der Waals surface area (Å²) in [6.45, 7) is 4.46. The number of hydrogen-bond acceptors (Lipinski definition) is 6. The van der Waals surface area contributed by atoms with Gasteiger partial charge in [0.15, 0.2) is 5.13 Å². The van der Waals surface area contributed by atoms with Gasteiger partial charge in [0.25, 0.3) is 0 Å². The Morgan fingerprint density at radius 3 is 2.13 bits per heavy atom. The van der Waals surface area contributed by atoms with Crippen LogP contribution in [-0.4, -0.2) is 44.1 Å². The summed E-state index contributed by atoms with van der Waals surface area (Å²) in [5.41, 5.74) is 2.64. The van der Waals surface area contributed by atoms with Crippen LogP contribution in [0.5, 0.6) is 0 Å². The third-order valence-electron chi connectivity index (χ3n) is 4.22. The molecule has 0 fully saturated rings. The highest BCUT2D eigenvalue weighted by molar-refractivity contribution is 9.10. The Labute approximate surface area is 190 Å². The maximum absolute atomic E-state index is 12.0. The molecule has 9 heteroatoms. The summed E-state index contributed by atoms with van der Waals surface area (Å²) < 4.78 is 26.5. The van der Waals surface area contributed by atoms with Crippen molar-refractivity contribution in [2.75, 3.05) is 25.5 Å². The fourth-order valence-electron chi connectivity index (χ4n) is 2.57. The molecule has 0 aliphatic carbocycles. The first kappa shape index (κ1) is 24.2. The van der Waals surface area contributed by atoms with Gasteiger partial charge in [-0.1, -0.05) is 54.0 Å². The van der Waals surface area contributed by atoms with Gasteiger partial charge >= 0.3 is 0 Å². The second-order valence-electron chi connectivity index (χ2n) is 6.07. The van der Waals surface area contributed by atoms with Crippen LogP contribution in [0, 0.1) is 0 Å². The van der Waals surface area contributed by atoms with Gasteiger partial charge in [-0.15, -0.1) is 11.3 Å². The summed E-state index contributed by atoms with van der Waals surface area (Å²) in [5, 5.41) is 6.02. The zero-order valence-corrected chi connectivity index (χ0v) is 20.2. The quantitative estimate of drug-likeness (QED) is 0.445. The number of aldehydes is 1. The highest BCUT2D eigenvalue weighted by Crippen LogP contribution is 2.25. The molecule has 0 unspecified atom stereocenters. The average molecular weight is 510 g/mol. The van der Waals surface area contributed by atoms with Crippen molar-refractivity contribution in [3.05, 3.63) is 63.9 Å². The van der Waals surface area contributed by atoms with E-state index in [9.17, 15) is 13.2 Å². The van der Waals surface area contributed by atoms with Crippen LogP contribution in [-0.2, 0) is 10.0 Å². The van der Waals surface area contributed by atoms with Gasteiger partial charge < -0.3 is 5.32 Å². The standard InChI is InChI=1S/C11H15NO3S.C10H9BrN2S/c1-3-12(4-2)16(14,15)11-7-5-10(9-13)6-8-11;1-12-10-13-9(6-14-10)7-2-4-8(11)5-3-7/h5-9H,3-4H2,1-2H3;2-6H,1H3,(H,12,13). The average Bonchev–Trinajstić information content (AvgIpc) is 3.25. The first-order valence-electron chi connectivity index (χ1n) is 9.30. The summed E-state index contributed by atoms with van der Waals surface area (Å²) in [5.74, 6) is 0. The van der Waals surface area contributed by atoms with Crippen LogP contribution in [0.2, 0.25) is 0 Å². The molecule has 1 aromatic heterocycles.